The normalized spacial score (nSPS) is 25.8. The second-order valence-corrected chi connectivity index (χ2v) is 9.07. The number of pyridine rings is 1. The fourth-order valence-corrected chi connectivity index (χ4v) is 5.43. The van der Waals surface area contributed by atoms with Gasteiger partial charge < -0.3 is 10.2 Å². The minimum Gasteiger partial charge on any atom is -0.351 e. The molecule has 0 aromatic carbocycles. The van der Waals surface area contributed by atoms with Gasteiger partial charge in [0.15, 0.2) is 0 Å². The second kappa shape index (κ2) is 8.04. The average molecular weight is 410 g/mol. The predicted octanol–water partition coefficient (Wildman–Crippen LogP) is 1.01. The second-order valence-electron chi connectivity index (χ2n) is 8.04. The van der Waals surface area contributed by atoms with Gasteiger partial charge in [-0.15, -0.1) is 16.4 Å². The van der Waals surface area contributed by atoms with Gasteiger partial charge in [0.05, 0.1) is 44.0 Å². The van der Waals surface area contributed by atoms with E-state index in [9.17, 15) is 4.79 Å². The number of piperidine rings is 3. The van der Waals surface area contributed by atoms with Crippen molar-refractivity contribution >= 4 is 17.2 Å². The van der Waals surface area contributed by atoms with Gasteiger partial charge >= 0.3 is 0 Å². The highest BCUT2D eigenvalue weighted by atomic mass is 32.1. The van der Waals surface area contributed by atoms with Crippen LogP contribution >= 0.6 is 11.3 Å². The van der Waals surface area contributed by atoms with Crippen LogP contribution in [0.15, 0.2) is 48.1 Å². The molecule has 29 heavy (non-hydrogen) atoms. The van der Waals surface area contributed by atoms with Crippen molar-refractivity contribution in [2.75, 3.05) is 13.1 Å². The van der Waals surface area contributed by atoms with Crippen LogP contribution in [0.25, 0.3) is 11.4 Å². The van der Waals surface area contributed by atoms with Crippen LogP contribution in [-0.2, 0) is 17.9 Å². The van der Waals surface area contributed by atoms with E-state index in [-0.39, 0.29) is 11.8 Å². The number of fused-ring (bicyclic) bond motifs is 3. The van der Waals surface area contributed by atoms with Gasteiger partial charge in [-0.1, -0.05) is 17.3 Å². The van der Waals surface area contributed by atoms with Crippen molar-refractivity contribution in [2.45, 2.75) is 32.0 Å². The SMILES string of the molecule is O=C(NCc1cccs1)[C@H]1C[NH+]2CC[C@H]1C[C@@H]2Cn1cc(-c2ccccn2)nn1. The van der Waals surface area contributed by atoms with E-state index in [1.54, 1.807) is 17.5 Å². The van der Waals surface area contributed by atoms with Crippen molar-refractivity contribution < 1.29 is 9.69 Å². The maximum absolute atomic E-state index is 12.8. The molecule has 6 heterocycles. The number of carbonyl (C=O) groups excluding carboxylic acids is 1. The van der Waals surface area contributed by atoms with E-state index in [1.165, 1.54) is 9.78 Å². The number of aromatic nitrogens is 4. The zero-order chi connectivity index (χ0) is 19.6. The van der Waals surface area contributed by atoms with Gasteiger partial charge in [0.25, 0.3) is 0 Å². The van der Waals surface area contributed by atoms with E-state index in [0.717, 1.165) is 43.9 Å². The van der Waals surface area contributed by atoms with Gasteiger partial charge in [0.1, 0.15) is 11.7 Å². The Balaban J connectivity index is 1.19. The summed E-state index contributed by atoms with van der Waals surface area (Å²) in [6.07, 6.45) is 5.97. The van der Waals surface area contributed by atoms with Crippen molar-refractivity contribution in [3.8, 4) is 11.4 Å². The first-order chi connectivity index (χ1) is 14.3. The molecule has 0 saturated carbocycles. The molecule has 0 spiro atoms. The molecule has 7 nitrogen and oxygen atoms in total. The summed E-state index contributed by atoms with van der Waals surface area (Å²) >= 11 is 1.69. The van der Waals surface area contributed by atoms with Crippen molar-refractivity contribution in [3.63, 3.8) is 0 Å². The Bertz CT molecular complexity index is 957. The lowest BCUT2D eigenvalue weighted by Crippen LogP contribution is -3.20. The Morgan fingerprint density at radius 3 is 3.00 bits per heavy atom. The van der Waals surface area contributed by atoms with E-state index < -0.39 is 0 Å². The number of quaternary nitrogens is 1. The highest BCUT2D eigenvalue weighted by molar-refractivity contribution is 7.09. The summed E-state index contributed by atoms with van der Waals surface area (Å²) in [5.41, 5.74) is 1.65. The first kappa shape index (κ1) is 18.4. The Kier molecular flexibility index (Phi) is 5.12. The molecule has 3 aliphatic heterocycles. The van der Waals surface area contributed by atoms with Gasteiger partial charge in [0.2, 0.25) is 5.91 Å². The van der Waals surface area contributed by atoms with Crippen LogP contribution in [0.4, 0.5) is 0 Å². The zero-order valence-electron chi connectivity index (χ0n) is 16.2. The summed E-state index contributed by atoms with van der Waals surface area (Å²) in [6.45, 7) is 3.56. The first-order valence-corrected chi connectivity index (χ1v) is 11.1. The van der Waals surface area contributed by atoms with Crippen molar-refractivity contribution in [2.24, 2.45) is 11.8 Å². The minimum atomic E-state index is 0.134. The Morgan fingerprint density at radius 1 is 1.28 bits per heavy atom. The summed E-state index contributed by atoms with van der Waals surface area (Å²) in [5, 5.41) is 13.8. The van der Waals surface area contributed by atoms with E-state index in [2.05, 4.69) is 26.7 Å². The molecule has 6 rings (SSSR count). The highest BCUT2D eigenvalue weighted by Crippen LogP contribution is 2.28. The van der Waals surface area contributed by atoms with Crippen LogP contribution in [0.2, 0.25) is 0 Å². The number of carbonyl (C=O) groups is 1. The number of nitrogens with one attached hydrogen (secondary N) is 2. The number of hydrogen-bond acceptors (Lipinski definition) is 5. The highest BCUT2D eigenvalue weighted by Gasteiger charge is 2.46. The third-order valence-corrected chi connectivity index (χ3v) is 7.16. The Morgan fingerprint density at radius 2 is 2.24 bits per heavy atom. The number of rotatable bonds is 6. The monoisotopic (exact) mass is 409 g/mol. The van der Waals surface area contributed by atoms with Gasteiger partial charge in [-0.25, -0.2) is 4.68 Å². The molecule has 4 atom stereocenters. The summed E-state index contributed by atoms with van der Waals surface area (Å²) in [6, 6.07) is 10.4. The van der Waals surface area contributed by atoms with Crippen LogP contribution in [-0.4, -0.2) is 45.0 Å². The zero-order valence-corrected chi connectivity index (χ0v) is 17.0. The largest absolute Gasteiger partial charge is 0.351 e. The van der Waals surface area contributed by atoms with Gasteiger partial charge in [-0.05, 0) is 29.5 Å². The Hall–Kier alpha value is -2.58. The fourth-order valence-electron chi connectivity index (χ4n) is 4.78. The summed E-state index contributed by atoms with van der Waals surface area (Å²) in [7, 11) is 0. The van der Waals surface area contributed by atoms with Gasteiger partial charge in [0, 0.05) is 23.9 Å². The first-order valence-electron chi connectivity index (χ1n) is 10.2. The van der Waals surface area contributed by atoms with Crippen LogP contribution in [0, 0.1) is 11.8 Å². The molecule has 1 unspecified atom stereocenters. The number of thiophene rings is 1. The van der Waals surface area contributed by atoms with E-state index in [0.29, 0.717) is 18.5 Å². The minimum absolute atomic E-state index is 0.134. The van der Waals surface area contributed by atoms with Gasteiger partial charge in [-0.3, -0.25) is 9.78 Å². The molecule has 1 amide bonds. The number of amides is 1. The maximum atomic E-state index is 12.8. The molecule has 3 aromatic heterocycles. The lowest BCUT2D eigenvalue weighted by atomic mass is 9.75. The lowest BCUT2D eigenvalue weighted by Gasteiger charge is -2.46. The van der Waals surface area contributed by atoms with Crippen molar-refractivity contribution in [1.82, 2.24) is 25.3 Å². The van der Waals surface area contributed by atoms with Crippen molar-refractivity contribution in [1.29, 1.82) is 0 Å². The molecule has 3 saturated heterocycles. The quantitative estimate of drug-likeness (QED) is 0.637. The van der Waals surface area contributed by atoms with E-state index >= 15 is 0 Å². The number of nitrogens with zero attached hydrogens (tertiary/aromatic N) is 4. The Labute approximate surface area is 173 Å². The predicted molar refractivity (Wildman–Crippen MR) is 110 cm³/mol. The third-order valence-electron chi connectivity index (χ3n) is 6.28. The molecule has 2 bridgehead atoms. The summed E-state index contributed by atoms with van der Waals surface area (Å²) in [5.74, 6) is 0.826. The van der Waals surface area contributed by atoms with E-state index in [4.69, 9.17) is 0 Å². The van der Waals surface area contributed by atoms with Crippen LogP contribution < -0.4 is 10.2 Å². The van der Waals surface area contributed by atoms with E-state index in [1.807, 2.05) is 40.5 Å². The standard InChI is InChI=1S/C21H24N6OS/c28-21(23-11-17-4-3-9-29-17)18-13-26-8-6-15(18)10-16(26)12-27-14-20(24-25-27)19-5-1-2-7-22-19/h1-5,7,9,14-16,18H,6,8,10-13H2,(H,23,28)/p+1/t15-,16+,18-/m0/s1. The summed E-state index contributed by atoms with van der Waals surface area (Å²) in [4.78, 5) is 19.8. The number of hydrogen-bond donors (Lipinski definition) is 2. The topological polar surface area (TPSA) is 77.1 Å². The molecule has 2 N–H and O–H groups in total. The molecule has 8 heteroatoms. The summed E-state index contributed by atoms with van der Waals surface area (Å²) < 4.78 is 1.94. The third kappa shape index (κ3) is 3.95. The van der Waals surface area contributed by atoms with Crippen LogP contribution in [0.5, 0.6) is 0 Å². The lowest BCUT2D eigenvalue weighted by molar-refractivity contribution is -0.945. The fraction of sp³-hybridized carbons (Fsp3) is 0.429. The maximum Gasteiger partial charge on any atom is 0.229 e. The molecular weight excluding hydrogens is 384 g/mol. The molecule has 3 fully saturated rings. The molecule has 150 valence electrons. The van der Waals surface area contributed by atoms with Crippen LogP contribution in [0.1, 0.15) is 17.7 Å². The molecule has 3 aromatic rings. The molecular formula is C21H25N6OS+. The average Bonchev–Trinajstić information content (AvgIpc) is 3.45. The molecule has 0 radical (unpaired) electrons. The molecule has 3 aliphatic rings. The van der Waals surface area contributed by atoms with Crippen LogP contribution in [0.3, 0.4) is 0 Å². The van der Waals surface area contributed by atoms with Gasteiger partial charge in [-0.2, -0.15) is 0 Å². The molecule has 0 aliphatic carbocycles. The smallest absolute Gasteiger partial charge is 0.229 e. The van der Waals surface area contributed by atoms with Crippen molar-refractivity contribution in [3.05, 3.63) is 53.0 Å².